The van der Waals surface area contributed by atoms with Crippen molar-refractivity contribution in [2.24, 2.45) is 0 Å². The van der Waals surface area contributed by atoms with Gasteiger partial charge in [-0.15, -0.1) is 0 Å². The fourth-order valence-corrected chi connectivity index (χ4v) is 1.27. The molecule has 4 nitrogen and oxygen atoms in total. The van der Waals surface area contributed by atoms with Crippen LogP contribution in [0.5, 0.6) is 0 Å². The molecule has 2 rings (SSSR count). The summed E-state index contributed by atoms with van der Waals surface area (Å²) in [6.45, 7) is 0. The fraction of sp³-hybridized carbons (Fsp3) is 0. The maximum Gasteiger partial charge on any atom is 0.271 e. The quantitative estimate of drug-likeness (QED) is 0.536. The molecule has 0 spiro atoms. The Morgan fingerprint density at radius 2 is 1.86 bits per heavy atom. The van der Waals surface area contributed by atoms with Crippen molar-refractivity contribution in [1.82, 2.24) is 4.57 Å². The number of nitro groups is 1. The highest BCUT2D eigenvalue weighted by atomic mass is 16.6. The van der Waals surface area contributed by atoms with Crippen molar-refractivity contribution < 1.29 is 4.92 Å². The number of nitrogens with zero attached hydrogens (tertiary/aromatic N) is 2. The van der Waals surface area contributed by atoms with E-state index in [0.717, 1.165) is 5.69 Å². The Balaban J connectivity index is 2.46. The minimum atomic E-state index is -0.396. The molecule has 0 aliphatic heterocycles. The molecule has 1 aromatic heterocycles. The van der Waals surface area contributed by atoms with E-state index in [2.05, 4.69) is 0 Å². The van der Waals surface area contributed by atoms with Gasteiger partial charge in [0.15, 0.2) is 0 Å². The van der Waals surface area contributed by atoms with Crippen molar-refractivity contribution in [1.29, 1.82) is 0 Å². The summed E-state index contributed by atoms with van der Waals surface area (Å²) in [7, 11) is 0. The second-order valence-electron chi connectivity index (χ2n) is 2.87. The van der Waals surface area contributed by atoms with E-state index in [1.54, 1.807) is 12.1 Å². The lowest BCUT2D eigenvalue weighted by Gasteiger charge is -2.01. The van der Waals surface area contributed by atoms with Crippen LogP contribution in [0.2, 0.25) is 0 Å². The largest absolute Gasteiger partial charge is 0.324 e. The first kappa shape index (κ1) is 8.50. The van der Waals surface area contributed by atoms with Gasteiger partial charge in [-0.2, -0.15) is 0 Å². The van der Waals surface area contributed by atoms with Gasteiger partial charge in [-0.05, 0) is 18.2 Å². The minimum absolute atomic E-state index is 0.108. The molecule has 1 aromatic carbocycles. The third kappa shape index (κ3) is 1.50. The topological polar surface area (TPSA) is 48.1 Å². The monoisotopic (exact) mass is 188 g/mol. The lowest BCUT2D eigenvalue weighted by Crippen LogP contribution is -1.92. The van der Waals surface area contributed by atoms with E-state index in [9.17, 15) is 10.1 Å². The Morgan fingerprint density at radius 1 is 1.14 bits per heavy atom. The second kappa shape index (κ2) is 3.33. The summed E-state index contributed by atoms with van der Waals surface area (Å²) in [5.41, 5.74) is 0.903. The van der Waals surface area contributed by atoms with Crippen LogP contribution < -0.4 is 0 Å². The molecule has 0 atom stereocenters. The first-order valence-corrected chi connectivity index (χ1v) is 4.15. The summed E-state index contributed by atoms with van der Waals surface area (Å²) in [4.78, 5) is 10.1. The fourth-order valence-electron chi connectivity index (χ4n) is 1.27. The second-order valence-corrected chi connectivity index (χ2v) is 2.87. The van der Waals surface area contributed by atoms with Crippen LogP contribution in [0, 0.1) is 10.1 Å². The van der Waals surface area contributed by atoms with Crippen LogP contribution in [0.1, 0.15) is 0 Å². The summed E-state index contributed by atoms with van der Waals surface area (Å²) in [6, 6.07) is 10.3. The Hall–Kier alpha value is -2.10. The molecule has 0 N–H and O–H groups in total. The van der Waals surface area contributed by atoms with E-state index in [4.69, 9.17) is 0 Å². The average molecular weight is 188 g/mol. The molecule has 14 heavy (non-hydrogen) atoms. The van der Waals surface area contributed by atoms with Crippen LogP contribution in [0.25, 0.3) is 5.69 Å². The van der Waals surface area contributed by atoms with Crippen LogP contribution in [-0.2, 0) is 0 Å². The predicted octanol–water partition coefficient (Wildman–Crippen LogP) is 2.39. The molecule has 0 unspecified atom stereocenters. The standard InChI is InChI=1S/C10H8N2O2/c13-12(14)10-5-3-4-9(8-10)11-6-1-2-7-11/h1-8H. The van der Waals surface area contributed by atoms with Crippen LogP contribution in [0.15, 0.2) is 48.8 Å². The molecule has 1 heterocycles. The number of aromatic nitrogens is 1. The third-order valence-electron chi connectivity index (χ3n) is 1.94. The Morgan fingerprint density at radius 3 is 2.50 bits per heavy atom. The summed E-state index contributed by atoms with van der Waals surface area (Å²) in [6.07, 6.45) is 3.69. The van der Waals surface area contributed by atoms with Gasteiger partial charge in [0, 0.05) is 24.5 Å². The van der Waals surface area contributed by atoms with Crippen LogP contribution in [0.4, 0.5) is 5.69 Å². The van der Waals surface area contributed by atoms with E-state index in [1.165, 1.54) is 6.07 Å². The van der Waals surface area contributed by atoms with Crippen molar-refractivity contribution in [3.05, 3.63) is 58.9 Å². The molecular weight excluding hydrogens is 180 g/mol. The molecular formula is C10H8N2O2. The van der Waals surface area contributed by atoms with E-state index in [0.29, 0.717) is 0 Å². The first-order chi connectivity index (χ1) is 6.77. The van der Waals surface area contributed by atoms with E-state index in [-0.39, 0.29) is 5.69 Å². The van der Waals surface area contributed by atoms with E-state index >= 15 is 0 Å². The van der Waals surface area contributed by atoms with Gasteiger partial charge in [0.05, 0.1) is 10.6 Å². The molecule has 0 fully saturated rings. The lowest BCUT2D eigenvalue weighted by molar-refractivity contribution is -0.384. The number of nitro benzene ring substituents is 1. The van der Waals surface area contributed by atoms with Crippen LogP contribution >= 0.6 is 0 Å². The van der Waals surface area contributed by atoms with E-state index in [1.807, 2.05) is 35.2 Å². The number of hydrogen-bond acceptors (Lipinski definition) is 2. The Kier molecular flexibility index (Phi) is 2.02. The highest BCUT2D eigenvalue weighted by Crippen LogP contribution is 2.16. The number of non-ortho nitro benzene ring substituents is 1. The molecule has 2 aromatic rings. The number of hydrogen-bond donors (Lipinski definition) is 0. The Labute approximate surface area is 80.6 Å². The van der Waals surface area contributed by atoms with Gasteiger partial charge in [-0.1, -0.05) is 6.07 Å². The van der Waals surface area contributed by atoms with Gasteiger partial charge in [-0.3, -0.25) is 10.1 Å². The van der Waals surface area contributed by atoms with Crippen molar-refractivity contribution in [3.8, 4) is 5.69 Å². The highest BCUT2D eigenvalue weighted by Gasteiger charge is 2.05. The van der Waals surface area contributed by atoms with Gasteiger partial charge < -0.3 is 4.57 Å². The van der Waals surface area contributed by atoms with Crippen molar-refractivity contribution in [2.75, 3.05) is 0 Å². The van der Waals surface area contributed by atoms with Crippen molar-refractivity contribution >= 4 is 5.69 Å². The maximum atomic E-state index is 10.5. The SMILES string of the molecule is O=[N+]([O-])c1cccc(-n2cccc2)c1. The Bertz CT molecular complexity index is 449. The smallest absolute Gasteiger partial charge is 0.271 e. The zero-order chi connectivity index (χ0) is 9.97. The zero-order valence-electron chi connectivity index (χ0n) is 7.33. The van der Waals surface area contributed by atoms with Gasteiger partial charge in [0.1, 0.15) is 0 Å². The maximum absolute atomic E-state index is 10.5. The molecule has 0 saturated carbocycles. The third-order valence-corrected chi connectivity index (χ3v) is 1.94. The van der Waals surface area contributed by atoms with Crippen LogP contribution in [-0.4, -0.2) is 9.49 Å². The van der Waals surface area contributed by atoms with Crippen molar-refractivity contribution in [3.63, 3.8) is 0 Å². The first-order valence-electron chi connectivity index (χ1n) is 4.15. The summed E-state index contributed by atoms with van der Waals surface area (Å²) < 4.78 is 1.83. The molecule has 0 aliphatic carbocycles. The summed E-state index contributed by atoms with van der Waals surface area (Å²) in [5.74, 6) is 0. The molecule has 0 bridgehead atoms. The van der Waals surface area contributed by atoms with Gasteiger partial charge >= 0.3 is 0 Å². The molecule has 0 aliphatic rings. The predicted molar refractivity (Wildman–Crippen MR) is 52.4 cm³/mol. The summed E-state index contributed by atoms with van der Waals surface area (Å²) in [5, 5.41) is 10.5. The normalized spacial score (nSPS) is 10.0. The molecule has 70 valence electrons. The summed E-state index contributed by atoms with van der Waals surface area (Å²) >= 11 is 0. The molecule has 0 saturated heterocycles. The number of rotatable bonds is 2. The lowest BCUT2D eigenvalue weighted by atomic mass is 10.3. The highest BCUT2D eigenvalue weighted by molar-refractivity contribution is 5.43. The minimum Gasteiger partial charge on any atom is -0.324 e. The zero-order valence-corrected chi connectivity index (χ0v) is 7.33. The number of benzene rings is 1. The molecule has 4 heteroatoms. The van der Waals surface area contributed by atoms with Gasteiger partial charge in [-0.25, -0.2) is 0 Å². The molecule has 0 radical (unpaired) electrons. The van der Waals surface area contributed by atoms with Gasteiger partial charge in [0.25, 0.3) is 5.69 Å². The van der Waals surface area contributed by atoms with Gasteiger partial charge in [0.2, 0.25) is 0 Å². The van der Waals surface area contributed by atoms with Crippen molar-refractivity contribution in [2.45, 2.75) is 0 Å². The molecule has 0 amide bonds. The average Bonchev–Trinajstić information content (AvgIpc) is 2.71. The van der Waals surface area contributed by atoms with Crippen LogP contribution in [0.3, 0.4) is 0 Å². The van der Waals surface area contributed by atoms with E-state index < -0.39 is 4.92 Å².